The van der Waals surface area contributed by atoms with Crippen LogP contribution in [-0.4, -0.2) is 12.6 Å². The highest BCUT2D eigenvalue weighted by Gasteiger charge is 2.13. The third kappa shape index (κ3) is 35.1. The molecule has 2 nitrogen and oxygen atoms in total. The van der Waals surface area contributed by atoms with Gasteiger partial charge in [-0.25, -0.2) is 4.79 Å². The number of carbonyl (C=O) groups excluding carboxylic acids is 1. The van der Waals surface area contributed by atoms with Gasteiger partial charge in [0.15, 0.2) is 0 Å². The third-order valence-corrected chi connectivity index (χ3v) is 11.0. The number of ether oxygens (including phenoxy) is 1. The van der Waals surface area contributed by atoms with Crippen LogP contribution in [0.25, 0.3) is 0 Å². The molecule has 3 atom stereocenters. The molecule has 0 spiro atoms. The van der Waals surface area contributed by atoms with E-state index in [1.165, 1.54) is 218 Å². The summed E-state index contributed by atoms with van der Waals surface area (Å²) in [6, 6.07) is 0. The molecule has 0 N–H and O–H groups in total. The number of carbonyl (C=O) groups is 1. The summed E-state index contributed by atoms with van der Waals surface area (Å²) in [5.74, 6) is 2.18. The highest BCUT2D eigenvalue weighted by atomic mass is 16.5. The molecule has 0 aromatic carbocycles. The maximum atomic E-state index is 12.0. The fourth-order valence-electron chi connectivity index (χ4n) is 7.44. The molecule has 0 radical (unpaired) electrons. The van der Waals surface area contributed by atoms with Crippen molar-refractivity contribution in [3.05, 3.63) is 12.2 Å². The van der Waals surface area contributed by atoms with Crippen molar-refractivity contribution in [2.24, 2.45) is 17.8 Å². The van der Waals surface area contributed by atoms with Crippen LogP contribution < -0.4 is 0 Å². The van der Waals surface area contributed by atoms with Crippen LogP contribution in [0, 0.1) is 17.8 Å². The molecule has 0 fully saturated rings. The minimum absolute atomic E-state index is 0.214. The topological polar surface area (TPSA) is 26.3 Å². The second-order valence-corrected chi connectivity index (χ2v) is 16.4. The molecule has 2 heteroatoms. The largest absolute Gasteiger partial charge is 0.462 e. The molecule has 3 unspecified atom stereocenters. The van der Waals surface area contributed by atoms with Crippen molar-refractivity contribution in [3.63, 3.8) is 0 Å². The van der Waals surface area contributed by atoms with Gasteiger partial charge in [-0.05, 0) is 37.5 Å². The van der Waals surface area contributed by atoms with Gasteiger partial charge in [-0.15, -0.1) is 0 Å². The standard InChI is InChI=1S/C46H90O2/c1-7-9-29-35-43(5)37-31-25-21-17-13-11-12-14-19-23-27-33-39-45(41-48-46(47)42(3)4)40-34-28-24-20-16-15-18-22-26-32-38-44(6)36-30-10-8-2/h43-45H,3,7-41H2,1-2,4-6H3. The van der Waals surface area contributed by atoms with Crippen molar-refractivity contribution in [1.29, 1.82) is 0 Å². The Morgan fingerprint density at radius 1 is 0.438 bits per heavy atom. The first-order valence-corrected chi connectivity index (χ1v) is 22.2. The van der Waals surface area contributed by atoms with Crippen molar-refractivity contribution in [3.8, 4) is 0 Å². The van der Waals surface area contributed by atoms with Gasteiger partial charge in [0.25, 0.3) is 0 Å². The SMILES string of the molecule is C=C(C)C(=O)OCC(CCCCCCCCCCCCCCC(C)CCCCC)CCCCCCCCCCCCC(C)CCCCC. The maximum Gasteiger partial charge on any atom is 0.333 e. The summed E-state index contributed by atoms with van der Waals surface area (Å²) in [6.45, 7) is 15.6. The highest BCUT2D eigenvalue weighted by molar-refractivity contribution is 5.86. The zero-order valence-electron chi connectivity index (χ0n) is 34.0. The Bertz CT molecular complexity index is 669. The van der Waals surface area contributed by atoms with Crippen molar-refractivity contribution in [1.82, 2.24) is 0 Å². The second kappa shape index (κ2) is 37.5. The highest BCUT2D eigenvalue weighted by Crippen LogP contribution is 2.22. The van der Waals surface area contributed by atoms with Crippen molar-refractivity contribution < 1.29 is 9.53 Å². The summed E-state index contributed by atoms with van der Waals surface area (Å²) >= 11 is 0. The number of rotatable bonds is 39. The van der Waals surface area contributed by atoms with Gasteiger partial charge in [-0.2, -0.15) is 0 Å². The smallest absolute Gasteiger partial charge is 0.333 e. The lowest BCUT2D eigenvalue weighted by Gasteiger charge is -2.17. The van der Waals surface area contributed by atoms with Crippen LogP contribution in [0.1, 0.15) is 253 Å². The zero-order chi connectivity index (χ0) is 35.3. The molecule has 0 aromatic rings. The first kappa shape index (κ1) is 47.2. The van der Waals surface area contributed by atoms with Crippen LogP contribution in [-0.2, 0) is 9.53 Å². The zero-order valence-corrected chi connectivity index (χ0v) is 34.0. The Morgan fingerprint density at radius 2 is 0.688 bits per heavy atom. The molecule has 0 bridgehead atoms. The lowest BCUT2D eigenvalue weighted by atomic mass is 9.94. The van der Waals surface area contributed by atoms with Crippen LogP contribution in [0.5, 0.6) is 0 Å². The van der Waals surface area contributed by atoms with Gasteiger partial charge in [0.05, 0.1) is 6.61 Å². The Labute approximate surface area is 304 Å². The molecule has 0 aliphatic carbocycles. The van der Waals surface area contributed by atoms with Crippen LogP contribution in [0.2, 0.25) is 0 Å². The maximum absolute atomic E-state index is 12.0. The van der Waals surface area contributed by atoms with E-state index in [0.717, 1.165) is 11.8 Å². The second-order valence-electron chi connectivity index (χ2n) is 16.4. The van der Waals surface area contributed by atoms with E-state index in [-0.39, 0.29) is 5.97 Å². The van der Waals surface area contributed by atoms with E-state index < -0.39 is 0 Å². The van der Waals surface area contributed by atoms with E-state index in [4.69, 9.17) is 4.74 Å². The van der Waals surface area contributed by atoms with E-state index in [1.807, 2.05) is 0 Å². The fourth-order valence-corrected chi connectivity index (χ4v) is 7.44. The molecule has 286 valence electrons. The number of hydrogen-bond donors (Lipinski definition) is 0. The van der Waals surface area contributed by atoms with Gasteiger partial charge >= 0.3 is 5.97 Å². The molecule has 0 rings (SSSR count). The number of unbranched alkanes of at least 4 members (excludes halogenated alkanes) is 24. The minimum Gasteiger partial charge on any atom is -0.462 e. The van der Waals surface area contributed by atoms with Crippen LogP contribution in [0.3, 0.4) is 0 Å². The monoisotopic (exact) mass is 675 g/mol. The predicted molar refractivity (Wildman–Crippen MR) is 216 cm³/mol. The van der Waals surface area contributed by atoms with E-state index in [2.05, 4.69) is 34.3 Å². The van der Waals surface area contributed by atoms with Gasteiger partial charge in [0, 0.05) is 5.57 Å². The van der Waals surface area contributed by atoms with Gasteiger partial charge in [0.1, 0.15) is 0 Å². The normalized spacial score (nSPS) is 13.4. The summed E-state index contributed by atoms with van der Waals surface area (Å²) in [5.41, 5.74) is 0.522. The lowest BCUT2D eigenvalue weighted by Crippen LogP contribution is -2.15. The minimum atomic E-state index is -0.214. The van der Waals surface area contributed by atoms with Gasteiger partial charge in [-0.1, -0.05) is 240 Å². The van der Waals surface area contributed by atoms with E-state index in [1.54, 1.807) is 6.92 Å². The van der Waals surface area contributed by atoms with Gasteiger partial charge < -0.3 is 4.74 Å². The first-order chi connectivity index (χ1) is 23.4. The predicted octanol–water partition coefficient (Wildman–Crippen LogP) is 16.3. The van der Waals surface area contributed by atoms with Crippen LogP contribution in [0.4, 0.5) is 0 Å². The quantitative estimate of drug-likeness (QED) is 0.0368. The Hall–Kier alpha value is -0.790. The summed E-state index contributed by atoms with van der Waals surface area (Å²) in [6.07, 6.45) is 47.4. The number of hydrogen-bond acceptors (Lipinski definition) is 2. The van der Waals surface area contributed by atoms with Gasteiger partial charge in [-0.3, -0.25) is 0 Å². The van der Waals surface area contributed by atoms with Crippen molar-refractivity contribution in [2.45, 2.75) is 253 Å². The van der Waals surface area contributed by atoms with E-state index in [0.29, 0.717) is 18.1 Å². The molecule has 48 heavy (non-hydrogen) atoms. The van der Waals surface area contributed by atoms with Crippen LogP contribution in [0.15, 0.2) is 12.2 Å². The Kier molecular flexibility index (Phi) is 36.8. The van der Waals surface area contributed by atoms with Gasteiger partial charge in [0.2, 0.25) is 0 Å². The van der Waals surface area contributed by atoms with E-state index >= 15 is 0 Å². The third-order valence-electron chi connectivity index (χ3n) is 11.0. The molecule has 0 amide bonds. The molecule has 0 heterocycles. The summed E-state index contributed by atoms with van der Waals surface area (Å²) in [5, 5.41) is 0. The van der Waals surface area contributed by atoms with Crippen molar-refractivity contribution >= 4 is 5.97 Å². The fraction of sp³-hybridized carbons (Fsp3) is 0.935. The molecule has 0 saturated carbocycles. The summed E-state index contributed by atoms with van der Waals surface area (Å²) in [4.78, 5) is 12.0. The van der Waals surface area contributed by atoms with E-state index in [9.17, 15) is 4.79 Å². The number of esters is 1. The molecule has 0 aromatic heterocycles. The molecular weight excluding hydrogens is 585 g/mol. The summed E-state index contributed by atoms with van der Waals surface area (Å²) < 4.78 is 5.60. The molecule has 0 aliphatic heterocycles. The Balaban J connectivity index is 3.77. The lowest BCUT2D eigenvalue weighted by molar-refractivity contribution is -0.140. The van der Waals surface area contributed by atoms with Crippen molar-refractivity contribution in [2.75, 3.05) is 6.61 Å². The molecule has 0 saturated heterocycles. The summed E-state index contributed by atoms with van der Waals surface area (Å²) in [7, 11) is 0. The Morgan fingerprint density at radius 3 is 0.958 bits per heavy atom. The average molecular weight is 675 g/mol. The first-order valence-electron chi connectivity index (χ1n) is 22.2. The average Bonchev–Trinajstić information content (AvgIpc) is 3.07. The molecular formula is C46H90O2. The molecule has 0 aliphatic rings. The van der Waals surface area contributed by atoms with Crippen LogP contribution >= 0.6 is 0 Å².